The van der Waals surface area contributed by atoms with Crippen LogP contribution < -0.4 is 5.73 Å². The Balaban J connectivity index is 0.000000810. The first-order valence-electron chi connectivity index (χ1n) is 2.57. The summed E-state index contributed by atoms with van der Waals surface area (Å²) in [6.45, 7) is 0. The van der Waals surface area contributed by atoms with Crippen molar-refractivity contribution in [3.8, 4) is 0 Å². The lowest BCUT2D eigenvalue weighted by Gasteiger charge is -1.91. The molecular formula is C5H10ClN3S. The number of hydrogen-bond acceptors (Lipinski definition) is 3. The number of hydrogen-bond donors (Lipinski definition) is 1. The third kappa shape index (κ3) is 1.82. The van der Waals surface area contributed by atoms with Crippen molar-refractivity contribution in [1.82, 2.24) is 9.78 Å². The molecule has 0 saturated carbocycles. The van der Waals surface area contributed by atoms with E-state index in [-0.39, 0.29) is 12.4 Å². The molecule has 1 aromatic rings. The predicted molar refractivity (Wildman–Crippen MR) is 46.6 cm³/mol. The number of anilines is 1. The fraction of sp³-hybridized carbons (Fsp3) is 0.400. The number of rotatable bonds is 1. The van der Waals surface area contributed by atoms with Crippen LogP contribution in [0.25, 0.3) is 0 Å². The first-order chi connectivity index (χ1) is 4.24. The molecule has 0 aliphatic heterocycles. The van der Waals surface area contributed by atoms with Gasteiger partial charge in [-0.25, -0.2) is 0 Å². The van der Waals surface area contributed by atoms with E-state index in [0.717, 1.165) is 5.03 Å². The van der Waals surface area contributed by atoms with Gasteiger partial charge in [-0.05, 0) is 6.26 Å². The molecule has 0 bridgehead atoms. The van der Waals surface area contributed by atoms with Gasteiger partial charge in [0.15, 0.2) is 0 Å². The van der Waals surface area contributed by atoms with E-state index in [1.807, 2.05) is 19.4 Å². The van der Waals surface area contributed by atoms with Crippen LogP contribution in [0.4, 0.5) is 5.82 Å². The van der Waals surface area contributed by atoms with Gasteiger partial charge in [-0.3, -0.25) is 4.68 Å². The highest BCUT2D eigenvalue weighted by Gasteiger charge is 1.97. The minimum atomic E-state index is 0. The molecule has 0 radical (unpaired) electrons. The Labute approximate surface area is 70.4 Å². The summed E-state index contributed by atoms with van der Waals surface area (Å²) in [7, 11) is 1.88. The zero-order chi connectivity index (χ0) is 6.85. The second-order valence-electron chi connectivity index (χ2n) is 1.74. The molecule has 0 fully saturated rings. The summed E-state index contributed by atoms with van der Waals surface area (Å²) >= 11 is 1.64. The van der Waals surface area contributed by atoms with E-state index >= 15 is 0 Å². The first-order valence-corrected chi connectivity index (χ1v) is 3.80. The lowest BCUT2D eigenvalue weighted by atomic mass is 10.7. The molecule has 0 atom stereocenters. The maximum Gasteiger partial charge on any atom is 0.146 e. The van der Waals surface area contributed by atoms with Gasteiger partial charge in [0.05, 0.1) is 5.03 Å². The van der Waals surface area contributed by atoms with Crippen molar-refractivity contribution in [2.45, 2.75) is 5.03 Å². The van der Waals surface area contributed by atoms with Crippen LogP contribution in [0.1, 0.15) is 0 Å². The van der Waals surface area contributed by atoms with Gasteiger partial charge in [-0.1, -0.05) is 0 Å². The van der Waals surface area contributed by atoms with Crippen LogP contribution in [0.15, 0.2) is 11.1 Å². The third-order valence-corrected chi connectivity index (χ3v) is 1.87. The molecule has 10 heavy (non-hydrogen) atoms. The third-order valence-electron chi connectivity index (χ3n) is 1.06. The second kappa shape index (κ2) is 3.73. The van der Waals surface area contributed by atoms with Crippen molar-refractivity contribution >= 4 is 30.0 Å². The van der Waals surface area contributed by atoms with Gasteiger partial charge in [-0.2, -0.15) is 5.10 Å². The molecule has 1 rings (SSSR count). The summed E-state index contributed by atoms with van der Waals surface area (Å²) in [6.07, 6.45) is 2.00. The molecule has 0 amide bonds. The minimum Gasteiger partial charge on any atom is -0.382 e. The van der Waals surface area contributed by atoms with Crippen molar-refractivity contribution in [3.05, 3.63) is 6.07 Å². The van der Waals surface area contributed by atoms with Gasteiger partial charge in [-0.15, -0.1) is 24.2 Å². The van der Waals surface area contributed by atoms with Crippen molar-refractivity contribution in [2.24, 2.45) is 7.05 Å². The Morgan fingerprint density at radius 1 is 1.70 bits per heavy atom. The molecule has 1 heterocycles. The Kier molecular flexibility index (Phi) is 3.60. The molecule has 3 nitrogen and oxygen atoms in total. The highest BCUT2D eigenvalue weighted by Crippen LogP contribution is 2.15. The van der Waals surface area contributed by atoms with Crippen molar-refractivity contribution < 1.29 is 0 Å². The van der Waals surface area contributed by atoms with Crippen LogP contribution in [0.3, 0.4) is 0 Å². The van der Waals surface area contributed by atoms with Crippen LogP contribution >= 0.6 is 24.2 Å². The normalized spacial score (nSPS) is 9.00. The van der Waals surface area contributed by atoms with Crippen molar-refractivity contribution in [2.75, 3.05) is 12.0 Å². The molecule has 2 N–H and O–H groups in total. The van der Waals surface area contributed by atoms with E-state index in [0.29, 0.717) is 5.82 Å². The fourth-order valence-corrected chi connectivity index (χ4v) is 1.21. The van der Waals surface area contributed by atoms with Crippen molar-refractivity contribution in [3.63, 3.8) is 0 Å². The highest BCUT2D eigenvalue weighted by molar-refractivity contribution is 7.98. The molecule has 5 heteroatoms. The van der Waals surface area contributed by atoms with Gasteiger partial charge in [0, 0.05) is 13.1 Å². The molecule has 0 aliphatic carbocycles. The van der Waals surface area contributed by atoms with E-state index < -0.39 is 0 Å². The van der Waals surface area contributed by atoms with Gasteiger partial charge in [0.1, 0.15) is 5.82 Å². The summed E-state index contributed by atoms with van der Waals surface area (Å²) in [6, 6.07) is 1.85. The maximum atomic E-state index is 5.41. The van der Waals surface area contributed by atoms with Gasteiger partial charge in [0.2, 0.25) is 0 Å². The van der Waals surface area contributed by atoms with E-state index in [9.17, 15) is 0 Å². The van der Waals surface area contributed by atoms with Crippen LogP contribution in [-0.4, -0.2) is 16.0 Å². The minimum absolute atomic E-state index is 0. The lowest BCUT2D eigenvalue weighted by molar-refractivity contribution is 0.702. The number of thioether (sulfide) groups is 1. The van der Waals surface area contributed by atoms with E-state index in [4.69, 9.17) is 5.73 Å². The Morgan fingerprint density at radius 3 is 2.50 bits per heavy atom. The highest BCUT2D eigenvalue weighted by atomic mass is 35.5. The average Bonchev–Trinajstić information content (AvgIpc) is 2.10. The Hall–Kier alpha value is -0.350. The largest absolute Gasteiger partial charge is 0.382 e. The zero-order valence-electron chi connectivity index (χ0n) is 5.87. The summed E-state index contributed by atoms with van der Waals surface area (Å²) in [5.41, 5.74) is 5.41. The summed E-state index contributed by atoms with van der Waals surface area (Å²) in [5.74, 6) is 0.585. The van der Waals surface area contributed by atoms with Crippen LogP contribution in [-0.2, 0) is 7.05 Å². The standard InChI is InChI=1S/C5H9N3S.ClH/c1-8-5(9-2)3-4(6)7-8;/h3H,1-2H3,(H2,6,7);1H. The summed E-state index contributed by atoms with van der Waals surface area (Å²) < 4.78 is 1.76. The molecule has 0 aromatic carbocycles. The number of halogens is 1. The van der Waals surface area contributed by atoms with Crippen LogP contribution in [0.2, 0.25) is 0 Å². The van der Waals surface area contributed by atoms with Gasteiger partial charge >= 0.3 is 0 Å². The molecule has 0 saturated heterocycles. The van der Waals surface area contributed by atoms with Crippen molar-refractivity contribution in [1.29, 1.82) is 0 Å². The lowest BCUT2D eigenvalue weighted by Crippen LogP contribution is -1.92. The SMILES string of the molecule is CSc1cc(N)nn1C.Cl. The molecule has 58 valence electrons. The number of nitrogens with two attached hydrogens (primary N) is 1. The quantitative estimate of drug-likeness (QED) is 0.658. The molecule has 0 spiro atoms. The van der Waals surface area contributed by atoms with Gasteiger partial charge < -0.3 is 5.73 Å². The van der Waals surface area contributed by atoms with E-state index in [2.05, 4.69) is 5.10 Å². The van der Waals surface area contributed by atoms with E-state index in [1.165, 1.54) is 0 Å². The predicted octanol–water partition coefficient (Wildman–Crippen LogP) is 1.15. The summed E-state index contributed by atoms with van der Waals surface area (Å²) in [5, 5.41) is 5.05. The maximum absolute atomic E-state index is 5.41. The Morgan fingerprint density at radius 2 is 2.30 bits per heavy atom. The monoisotopic (exact) mass is 179 g/mol. The number of nitrogen functional groups attached to an aromatic ring is 1. The van der Waals surface area contributed by atoms with Crippen LogP contribution in [0.5, 0.6) is 0 Å². The topological polar surface area (TPSA) is 43.8 Å². The summed E-state index contributed by atoms with van der Waals surface area (Å²) in [4.78, 5) is 0. The van der Waals surface area contributed by atoms with Gasteiger partial charge in [0.25, 0.3) is 0 Å². The molecule has 1 aromatic heterocycles. The first kappa shape index (κ1) is 9.65. The number of aryl methyl sites for hydroxylation is 1. The smallest absolute Gasteiger partial charge is 0.146 e. The second-order valence-corrected chi connectivity index (χ2v) is 2.56. The zero-order valence-corrected chi connectivity index (χ0v) is 7.50. The Bertz CT molecular complexity index is 211. The molecule has 0 unspecified atom stereocenters. The molecule has 0 aliphatic rings. The number of aromatic nitrogens is 2. The average molecular weight is 180 g/mol. The molecular weight excluding hydrogens is 170 g/mol. The fourth-order valence-electron chi connectivity index (χ4n) is 0.662. The number of nitrogens with zero attached hydrogens (tertiary/aromatic N) is 2. The van der Waals surface area contributed by atoms with E-state index in [1.54, 1.807) is 16.4 Å². The van der Waals surface area contributed by atoms with Crippen LogP contribution in [0, 0.1) is 0 Å².